The molecule has 16 heavy (non-hydrogen) atoms. The van der Waals surface area contributed by atoms with Gasteiger partial charge >= 0.3 is 5.97 Å². The van der Waals surface area contributed by atoms with Gasteiger partial charge in [0.2, 0.25) is 5.03 Å². The molecule has 0 fully saturated rings. The molecule has 8 heteroatoms. The number of nitrogens with one attached hydrogen (secondary N) is 1. The number of hydrogen-bond donors (Lipinski definition) is 2. The van der Waals surface area contributed by atoms with E-state index in [-0.39, 0.29) is 0 Å². The number of nitrogens with zero attached hydrogens (tertiary/aromatic N) is 1. The molecule has 0 aliphatic heterocycles. The van der Waals surface area contributed by atoms with Gasteiger partial charge in [0, 0.05) is 6.20 Å². The highest BCUT2D eigenvalue weighted by Crippen LogP contribution is 2.10. The van der Waals surface area contributed by atoms with Crippen molar-refractivity contribution in [3.63, 3.8) is 0 Å². The molecule has 1 rings (SSSR count). The topological polar surface area (TPSA) is 96.4 Å². The van der Waals surface area contributed by atoms with Crippen LogP contribution in [0.25, 0.3) is 0 Å². The summed E-state index contributed by atoms with van der Waals surface area (Å²) in [5.74, 6) is -2.40. The van der Waals surface area contributed by atoms with E-state index < -0.39 is 32.9 Å². The van der Waals surface area contributed by atoms with Crippen molar-refractivity contribution in [2.24, 2.45) is 0 Å². The van der Waals surface area contributed by atoms with Gasteiger partial charge < -0.3 is 5.11 Å². The van der Waals surface area contributed by atoms with Crippen molar-refractivity contribution in [1.29, 1.82) is 0 Å². The number of hydrogen-bond acceptors (Lipinski definition) is 4. The van der Waals surface area contributed by atoms with Gasteiger partial charge in [-0.05, 0) is 19.1 Å². The van der Waals surface area contributed by atoms with E-state index in [1.807, 2.05) is 0 Å². The maximum absolute atomic E-state index is 13.1. The number of carboxylic acids is 1. The summed E-state index contributed by atoms with van der Waals surface area (Å²) in [5.41, 5.74) is 0. The zero-order chi connectivity index (χ0) is 12.3. The number of aromatic nitrogens is 1. The fraction of sp³-hybridized carbons (Fsp3) is 0.250. The van der Waals surface area contributed by atoms with Gasteiger partial charge in [0.25, 0.3) is 10.0 Å². The van der Waals surface area contributed by atoms with E-state index in [4.69, 9.17) is 5.11 Å². The maximum atomic E-state index is 13.1. The van der Waals surface area contributed by atoms with Gasteiger partial charge in [0.15, 0.2) is 5.82 Å². The average molecular weight is 248 g/mol. The van der Waals surface area contributed by atoms with E-state index in [1.165, 1.54) is 6.07 Å². The Hall–Kier alpha value is -1.54. The van der Waals surface area contributed by atoms with Crippen LogP contribution < -0.4 is 4.72 Å². The first-order valence-electron chi connectivity index (χ1n) is 4.20. The van der Waals surface area contributed by atoms with E-state index in [0.717, 1.165) is 19.2 Å². The Kier molecular flexibility index (Phi) is 3.55. The molecule has 0 bridgehead atoms. The van der Waals surface area contributed by atoms with Gasteiger partial charge in [-0.2, -0.15) is 4.72 Å². The van der Waals surface area contributed by atoms with Crippen molar-refractivity contribution in [3.8, 4) is 0 Å². The SMILES string of the molecule is C[C@H](NS(=O)(=O)c1ncccc1F)C(=O)O. The second-order valence-corrected chi connectivity index (χ2v) is 4.60. The molecule has 0 aliphatic rings. The molecule has 1 aromatic heterocycles. The van der Waals surface area contributed by atoms with Gasteiger partial charge in [-0.3, -0.25) is 4.79 Å². The highest BCUT2D eigenvalue weighted by molar-refractivity contribution is 7.89. The lowest BCUT2D eigenvalue weighted by molar-refractivity contribution is -0.138. The first-order chi connectivity index (χ1) is 7.34. The minimum Gasteiger partial charge on any atom is -0.480 e. The van der Waals surface area contributed by atoms with Gasteiger partial charge in [0.1, 0.15) is 6.04 Å². The van der Waals surface area contributed by atoms with Crippen molar-refractivity contribution in [2.75, 3.05) is 0 Å². The number of halogens is 1. The number of carbonyl (C=O) groups is 1. The minimum absolute atomic E-state index is 0.817. The lowest BCUT2D eigenvalue weighted by Gasteiger charge is -2.09. The quantitative estimate of drug-likeness (QED) is 0.780. The smallest absolute Gasteiger partial charge is 0.321 e. The summed E-state index contributed by atoms with van der Waals surface area (Å²) in [6.45, 7) is 1.13. The molecule has 0 aromatic carbocycles. The summed E-state index contributed by atoms with van der Waals surface area (Å²) >= 11 is 0. The number of rotatable bonds is 4. The van der Waals surface area contributed by atoms with Crippen LogP contribution in [0.4, 0.5) is 4.39 Å². The summed E-state index contributed by atoms with van der Waals surface area (Å²) in [7, 11) is -4.25. The lowest BCUT2D eigenvalue weighted by atomic mass is 10.4. The number of sulfonamides is 1. The molecular formula is C8H9FN2O4S. The Morgan fingerprint density at radius 1 is 1.62 bits per heavy atom. The molecule has 1 atom stereocenters. The molecule has 88 valence electrons. The molecule has 0 aliphatic carbocycles. The largest absolute Gasteiger partial charge is 0.480 e. The molecule has 0 amide bonds. The number of pyridine rings is 1. The Morgan fingerprint density at radius 3 is 2.75 bits per heavy atom. The average Bonchev–Trinajstić information content (AvgIpc) is 2.17. The van der Waals surface area contributed by atoms with E-state index >= 15 is 0 Å². The summed E-state index contributed by atoms with van der Waals surface area (Å²) in [6, 6.07) is 0.800. The molecule has 0 saturated carbocycles. The van der Waals surface area contributed by atoms with Gasteiger partial charge in [-0.15, -0.1) is 0 Å². The van der Waals surface area contributed by atoms with Crippen LogP contribution in [-0.2, 0) is 14.8 Å². The van der Waals surface area contributed by atoms with Crippen LogP contribution in [0.3, 0.4) is 0 Å². The van der Waals surface area contributed by atoms with Crippen LogP contribution in [0.1, 0.15) is 6.92 Å². The van der Waals surface area contributed by atoms with Gasteiger partial charge in [0.05, 0.1) is 0 Å². The Labute approximate surface area is 91.2 Å². The standard InChI is InChI=1S/C8H9FN2O4S/c1-5(8(12)13)11-16(14,15)7-6(9)3-2-4-10-7/h2-5,11H,1H3,(H,12,13)/t5-/m0/s1. The van der Waals surface area contributed by atoms with Crippen LogP contribution in [0, 0.1) is 5.82 Å². The molecule has 0 spiro atoms. The van der Waals surface area contributed by atoms with Crippen LogP contribution in [0.5, 0.6) is 0 Å². The van der Waals surface area contributed by atoms with E-state index in [9.17, 15) is 17.6 Å². The Morgan fingerprint density at radius 2 is 2.25 bits per heavy atom. The number of aliphatic carboxylic acids is 1. The fourth-order valence-corrected chi connectivity index (χ4v) is 2.11. The second kappa shape index (κ2) is 4.54. The first-order valence-corrected chi connectivity index (χ1v) is 5.68. The minimum atomic E-state index is -4.25. The van der Waals surface area contributed by atoms with Gasteiger partial charge in [-0.25, -0.2) is 17.8 Å². The van der Waals surface area contributed by atoms with Crippen molar-refractivity contribution in [2.45, 2.75) is 18.0 Å². The maximum Gasteiger partial charge on any atom is 0.321 e. The molecule has 6 nitrogen and oxygen atoms in total. The van der Waals surface area contributed by atoms with Crippen LogP contribution >= 0.6 is 0 Å². The number of carboxylic acid groups (broad SMARTS) is 1. The van der Waals surface area contributed by atoms with Crippen LogP contribution in [0.15, 0.2) is 23.4 Å². The molecule has 0 saturated heterocycles. The summed E-state index contributed by atoms with van der Waals surface area (Å²) in [5, 5.41) is 7.70. The van der Waals surface area contributed by atoms with Crippen molar-refractivity contribution in [1.82, 2.24) is 9.71 Å². The predicted molar refractivity (Wildman–Crippen MR) is 51.6 cm³/mol. The summed E-state index contributed by atoms with van der Waals surface area (Å²) in [6.07, 6.45) is 1.10. The normalized spacial score (nSPS) is 13.4. The Bertz CT molecular complexity index is 503. The predicted octanol–water partition coefficient (Wildman–Crippen LogP) is -0.0279. The fourth-order valence-electron chi connectivity index (χ4n) is 0.908. The third-order valence-electron chi connectivity index (χ3n) is 1.68. The molecule has 1 aromatic rings. The van der Waals surface area contributed by atoms with E-state index in [1.54, 1.807) is 4.72 Å². The third kappa shape index (κ3) is 2.74. The van der Waals surface area contributed by atoms with E-state index in [2.05, 4.69) is 4.98 Å². The molecule has 0 radical (unpaired) electrons. The molecule has 2 N–H and O–H groups in total. The van der Waals surface area contributed by atoms with E-state index in [0.29, 0.717) is 0 Å². The van der Waals surface area contributed by atoms with Crippen LogP contribution in [-0.4, -0.2) is 30.5 Å². The highest BCUT2D eigenvalue weighted by atomic mass is 32.2. The highest BCUT2D eigenvalue weighted by Gasteiger charge is 2.25. The van der Waals surface area contributed by atoms with Crippen molar-refractivity contribution < 1.29 is 22.7 Å². The zero-order valence-electron chi connectivity index (χ0n) is 8.21. The summed E-state index contributed by atoms with van der Waals surface area (Å²) < 4.78 is 37.9. The first kappa shape index (κ1) is 12.5. The van der Waals surface area contributed by atoms with Crippen LogP contribution in [0.2, 0.25) is 0 Å². The van der Waals surface area contributed by atoms with Gasteiger partial charge in [-0.1, -0.05) is 0 Å². The molecular weight excluding hydrogens is 239 g/mol. The van der Waals surface area contributed by atoms with Crippen molar-refractivity contribution in [3.05, 3.63) is 24.1 Å². The Balaban J connectivity index is 3.04. The molecule has 1 heterocycles. The third-order valence-corrected chi connectivity index (χ3v) is 3.15. The molecule has 0 unspecified atom stereocenters. The zero-order valence-corrected chi connectivity index (χ0v) is 9.03. The monoisotopic (exact) mass is 248 g/mol. The summed E-state index contributed by atoms with van der Waals surface area (Å²) in [4.78, 5) is 13.8. The lowest BCUT2D eigenvalue weighted by Crippen LogP contribution is -2.38. The second-order valence-electron chi connectivity index (χ2n) is 2.97. The van der Waals surface area contributed by atoms with Crippen molar-refractivity contribution >= 4 is 16.0 Å².